The number of rotatable bonds is 5. The monoisotopic (exact) mass is 501 g/mol. The Hall–Kier alpha value is -0.970. The Kier molecular flexibility index (Phi) is 8.71. The van der Waals surface area contributed by atoms with E-state index in [1.165, 1.54) is 12.1 Å². The second-order valence-electron chi connectivity index (χ2n) is 6.79. The van der Waals surface area contributed by atoms with E-state index in [0.29, 0.717) is 24.5 Å². The highest BCUT2D eigenvalue weighted by atomic mass is 127. The van der Waals surface area contributed by atoms with Crippen molar-refractivity contribution >= 4 is 39.8 Å². The Balaban J connectivity index is 0.00000338. The van der Waals surface area contributed by atoms with Gasteiger partial charge >= 0.3 is 0 Å². The minimum Gasteiger partial charge on any atom is -0.354 e. The van der Waals surface area contributed by atoms with Crippen LogP contribution in [0.2, 0.25) is 0 Å². The van der Waals surface area contributed by atoms with Crippen molar-refractivity contribution in [2.24, 2.45) is 10.9 Å². The molecule has 1 unspecified atom stereocenters. The maximum Gasteiger partial charge on any atom is 0.191 e. The molecule has 9 heteroatoms. The zero-order valence-corrected chi connectivity index (χ0v) is 18.3. The van der Waals surface area contributed by atoms with Crippen LogP contribution in [0.3, 0.4) is 0 Å². The number of nitrogens with zero attached hydrogens (tertiary/aromatic N) is 1. The highest BCUT2D eigenvalue weighted by Gasteiger charge is 2.27. The van der Waals surface area contributed by atoms with Crippen LogP contribution >= 0.6 is 24.0 Å². The molecular weight excluding hydrogens is 475 g/mol. The summed E-state index contributed by atoms with van der Waals surface area (Å²) in [6, 6.07) is 3.15. The highest BCUT2D eigenvalue weighted by molar-refractivity contribution is 14.0. The molecule has 2 rings (SSSR count). The van der Waals surface area contributed by atoms with E-state index in [0.717, 1.165) is 6.07 Å². The standard InChI is InChI=1S/C17H25F2N3O2S.HI/c1-11(2)21-17(20-9-13-6-7-25(23,24)10-13)22-12(3)15-5-4-14(18)8-16(15)19;/h4-5,8,11-13H,6-7,9-10H2,1-3H3,(H2,20,21,22);1H/t12-,13?;/m1./s1. The van der Waals surface area contributed by atoms with E-state index in [9.17, 15) is 17.2 Å². The third-order valence-corrected chi connectivity index (χ3v) is 5.88. The van der Waals surface area contributed by atoms with E-state index in [1.54, 1.807) is 6.92 Å². The van der Waals surface area contributed by atoms with E-state index < -0.39 is 27.5 Å². The summed E-state index contributed by atoms with van der Waals surface area (Å²) < 4.78 is 50.1. The largest absolute Gasteiger partial charge is 0.354 e. The molecule has 5 nitrogen and oxygen atoms in total. The van der Waals surface area contributed by atoms with Crippen molar-refractivity contribution in [3.05, 3.63) is 35.4 Å². The van der Waals surface area contributed by atoms with Gasteiger partial charge in [0.05, 0.1) is 17.5 Å². The van der Waals surface area contributed by atoms with Crippen LogP contribution in [-0.2, 0) is 9.84 Å². The Morgan fingerprint density at radius 2 is 1.96 bits per heavy atom. The van der Waals surface area contributed by atoms with Crippen LogP contribution < -0.4 is 10.6 Å². The van der Waals surface area contributed by atoms with Gasteiger partial charge in [0.25, 0.3) is 0 Å². The molecule has 1 aliphatic rings. The highest BCUT2D eigenvalue weighted by Crippen LogP contribution is 2.19. The average Bonchev–Trinajstić information content (AvgIpc) is 2.83. The molecule has 26 heavy (non-hydrogen) atoms. The van der Waals surface area contributed by atoms with Crippen molar-refractivity contribution in [1.29, 1.82) is 0 Å². The molecule has 1 aliphatic heterocycles. The van der Waals surface area contributed by atoms with Crippen molar-refractivity contribution in [2.75, 3.05) is 18.1 Å². The summed E-state index contributed by atoms with van der Waals surface area (Å²) in [7, 11) is -2.94. The predicted octanol–water partition coefficient (Wildman–Crippen LogP) is 3.02. The Labute approximate surface area is 171 Å². The van der Waals surface area contributed by atoms with Gasteiger partial charge in [-0.15, -0.1) is 24.0 Å². The smallest absolute Gasteiger partial charge is 0.191 e. The molecule has 1 heterocycles. The molecule has 0 saturated carbocycles. The first-order chi connectivity index (χ1) is 11.7. The lowest BCUT2D eigenvalue weighted by Gasteiger charge is -2.21. The summed E-state index contributed by atoms with van der Waals surface area (Å²) >= 11 is 0. The molecule has 0 spiro atoms. The average molecular weight is 501 g/mol. The molecule has 1 aromatic carbocycles. The third-order valence-electron chi connectivity index (χ3n) is 4.04. The van der Waals surface area contributed by atoms with E-state index in [2.05, 4.69) is 15.6 Å². The summed E-state index contributed by atoms with van der Waals surface area (Å²) in [6.45, 7) is 6.04. The first-order valence-corrected chi connectivity index (χ1v) is 10.2. The quantitative estimate of drug-likeness (QED) is 0.370. The normalized spacial score (nSPS) is 20.5. The molecule has 0 bridgehead atoms. The van der Waals surface area contributed by atoms with Gasteiger partial charge in [0.15, 0.2) is 15.8 Å². The summed E-state index contributed by atoms with van der Waals surface area (Å²) in [5.41, 5.74) is 0.336. The van der Waals surface area contributed by atoms with Gasteiger partial charge in [0, 0.05) is 24.2 Å². The van der Waals surface area contributed by atoms with Gasteiger partial charge in [-0.25, -0.2) is 17.2 Å². The minimum absolute atomic E-state index is 0. The van der Waals surface area contributed by atoms with Gasteiger partial charge in [-0.05, 0) is 39.2 Å². The van der Waals surface area contributed by atoms with E-state index in [1.807, 2.05) is 13.8 Å². The summed E-state index contributed by atoms with van der Waals surface area (Å²) in [4.78, 5) is 4.46. The Morgan fingerprint density at radius 1 is 1.27 bits per heavy atom. The number of halogens is 3. The molecule has 2 N–H and O–H groups in total. The number of hydrogen-bond acceptors (Lipinski definition) is 3. The summed E-state index contributed by atoms with van der Waals surface area (Å²) in [5, 5.41) is 6.25. The topological polar surface area (TPSA) is 70.6 Å². The minimum atomic E-state index is -2.94. The molecule has 0 aliphatic carbocycles. The van der Waals surface area contributed by atoms with Crippen LogP contribution in [0.1, 0.15) is 38.8 Å². The molecule has 1 aromatic rings. The number of guanidine groups is 1. The van der Waals surface area contributed by atoms with Crippen molar-refractivity contribution in [3.8, 4) is 0 Å². The maximum absolute atomic E-state index is 13.9. The van der Waals surface area contributed by atoms with Gasteiger partial charge in [0.1, 0.15) is 11.6 Å². The van der Waals surface area contributed by atoms with Gasteiger partial charge in [0.2, 0.25) is 0 Å². The molecule has 0 radical (unpaired) electrons. The van der Waals surface area contributed by atoms with Gasteiger partial charge in [-0.1, -0.05) is 6.07 Å². The molecule has 148 valence electrons. The van der Waals surface area contributed by atoms with Crippen molar-refractivity contribution in [1.82, 2.24) is 10.6 Å². The van der Waals surface area contributed by atoms with Crippen LogP contribution in [0.5, 0.6) is 0 Å². The lowest BCUT2D eigenvalue weighted by Crippen LogP contribution is -2.42. The van der Waals surface area contributed by atoms with Crippen molar-refractivity contribution in [2.45, 2.75) is 39.3 Å². The zero-order chi connectivity index (χ0) is 18.6. The second kappa shape index (κ2) is 9.82. The zero-order valence-electron chi connectivity index (χ0n) is 15.1. The molecule has 0 amide bonds. The molecule has 2 atom stereocenters. The molecular formula is C17H26F2IN3O2S. The van der Waals surface area contributed by atoms with Crippen LogP contribution in [-0.4, -0.2) is 38.5 Å². The van der Waals surface area contributed by atoms with Crippen LogP contribution in [0.15, 0.2) is 23.2 Å². The number of nitrogens with one attached hydrogen (secondary N) is 2. The summed E-state index contributed by atoms with van der Waals surface area (Å²) in [6.07, 6.45) is 0.614. The number of benzene rings is 1. The second-order valence-corrected chi connectivity index (χ2v) is 9.02. The number of hydrogen-bond donors (Lipinski definition) is 2. The fourth-order valence-electron chi connectivity index (χ4n) is 2.78. The molecule has 1 saturated heterocycles. The van der Waals surface area contributed by atoms with E-state index in [-0.39, 0.29) is 47.4 Å². The number of sulfone groups is 1. The lowest BCUT2D eigenvalue weighted by molar-refractivity contribution is 0.546. The SMILES string of the molecule is CC(C)NC(=NCC1CCS(=O)(=O)C1)N[C@H](C)c1ccc(F)cc1F.I. The fourth-order valence-corrected chi connectivity index (χ4v) is 4.63. The van der Waals surface area contributed by atoms with E-state index >= 15 is 0 Å². The van der Waals surface area contributed by atoms with Crippen LogP contribution in [0.25, 0.3) is 0 Å². The van der Waals surface area contributed by atoms with Crippen LogP contribution in [0, 0.1) is 17.6 Å². The predicted molar refractivity (Wildman–Crippen MR) is 111 cm³/mol. The van der Waals surface area contributed by atoms with Gasteiger partial charge in [-0.2, -0.15) is 0 Å². The lowest BCUT2D eigenvalue weighted by atomic mass is 10.1. The van der Waals surface area contributed by atoms with Crippen LogP contribution in [0.4, 0.5) is 8.78 Å². The van der Waals surface area contributed by atoms with Gasteiger partial charge < -0.3 is 10.6 Å². The third kappa shape index (κ3) is 6.98. The van der Waals surface area contributed by atoms with Gasteiger partial charge in [-0.3, -0.25) is 4.99 Å². The maximum atomic E-state index is 13.9. The first-order valence-electron chi connectivity index (χ1n) is 8.39. The van der Waals surface area contributed by atoms with E-state index in [4.69, 9.17) is 0 Å². The fraction of sp³-hybridized carbons (Fsp3) is 0.588. The molecule has 1 fully saturated rings. The molecule has 0 aromatic heterocycles. The van der Waals surface area contributed by atoms with Crippen molar-refractivity contribution < 1.29 is 17.2 Å². The Morgan fingerprint density at radius 3 is 2.50 bits per heavy atom. The number of aliphatic imine (C=N–C) groups is 1. The summed E-state index contributed by atoms with van der Waals surface area (Å²) in [5.74, 6) is -0.377. The van der Waals surface area contributed by atoms with Crippen molar-refractivity contribution in [3.63, 3.8) is 0 Å². The first kappa shape index (κ1) is 23.1. The Bertz CT molecular complexity index is 742.